The Morgan fingerprint density at radius 3 is 2.79 bits per heavy atom. The molecule has 2 N–H and O–H groups in total. The predicted octanol–water partition coefficient (Wildman–Crippen LogP) is 3.80. The number of nitrogens with zero attached hydrogens (tertiary/aromatic N) is 4. The molecule has 0 radical (unpaired) electrons. The molecule has 0 amide bonds. The summed E-state index contributed by atoms with van der Waals surface area (Å²) < 4.78 is 3.10. The third-order valence-corrected chi connectivity index (χ3v) is 5.17. The van der Waals surface area contributed by atoms with E-state index in [4.69, 9.17) is 4.99 Å². The lowest BCUT2D eigenvalue weighted by Crippen LogP contribution is -2.44. The van der Waals surface area contributed by atoms with E-state index in [1.165, 1.54) is 11.3 Å². The largest absolute Gasteiger partial charge is 0.369 e. The van der Waals surface area contributed by atoms with Crippen LogP contribution in [0.3, 0.4) is 0 Å². The molecule has 1 atom stereocenters. The number of benzene rings is 1. The van der Waals surface area contributed by atoms with Gasteiger partial charge in [0.2, 0.25) is 0 Å². The standard InChI is InChI=1S/C20H29BrN6.HI/c1-3-22-20(23-10-4-11-27-14-16(2)13-24-27)25-18-9-12-26(15-18)19-7-5-17(21)6-8-19;/h5-8,13-14,18H,3-4,9-12,15H2,1-2H3,(H2,22,23,25);1H. The summed E-state index contributed by atoms with van der Waals surface area (Å²) >= 11 is 3.50. The maximum Gasteiger partial charge on any atom is 0.191 e. The Balaban J connectivity index is 0.00000280. The van der Waals surface area contributed by atoms with E-state index in [1.807, 2.05) is 10.9 Å². The van der Waals surface area contributed by atoms with Crippen molar-refractivity contribution in [3.63, 3.8) is 0 Å². The third-order valence-electron chi connectivity index (χ3n) is 4.64. The van der Waals surface area contributed by atoms with E-state index >= 15 is 0 Å². The molecule has 1 saturated heterocycles. The summed E-state index contributed by atoms with van der Waals surface area (Å²) in [5.41, 5.74) is 2.48. The molecule has 2 heterocycles. The highest BCUT2D eigenvalue weighted by atomic mass is 127. The molecule has 1 aromatic carbocycles. The molecule has 2 aromatic rings. The Morgan fingerprint density at radius 1 is 1.32 bits per heavy atom. The number of hydrogen-bond donors (Lipinski definition) is 2. The fourth-order valence-corrected chi connectivity index (χ4v) is 3.56. The van der Waals surface area contributed by atoms with Crippen molar-refractivity contribution >= 4 is 51.6 Å². The highest BCUT2D eigenvalue weighted by molar-refractivity contribution is 14.0. The SMILES string of the molecule is CCNC(=NCCCn1cc(C)cn1)NC1CCN(c2ccc(Br)cc2)C1.I. The van der Waals surface area contributed by atoms with Crippen LogP contribution in [0.2, 0.25) is 0 Å². The molecule has 8 heteroatoms. The first-order chi connectivity index (χ1) is 13.1. The minimum atomic E-state index is 0. The van der Waals surface area contributed by atoms with Crippen LogP contribution < -0.4 is 15.5 Å². The van der Waals surface area contributed by atoms with Gasteiger partial charge in [-0.2, -0.15) is 5.10 Å². The minimum Gasteiger partial charge on any atom is -0.369 e. The van der Waals surface area contributed by atoms with E-state index in [2.05, 4.69) is 80.9 Å². The fraction of sp³-hybridized carbons (Fsp3) is 0.500. The summed E-state index contributed by atoms with van der Waals surface area (Å²) in [4.78, 5) is 7.16. The van der Waals surface area contributed by atoms with Gasteiger partial charge < -0.3 is 15.5 Å². The quantitative estimate of drug-likeness (QED) is 0.234. The molecular formula is C20H30BrIN6. The van der Waals surface area contributed by atoms with Crippen LogP contribution in [0.15, 0.2) is 46.1 Å². The zero-order valence-electron chi connectivity index (χ0n) is 16.6. The van der Waals surface area contributed by atoms with E-state index in [0.717, 1.165) is 56.0 Å². The molecule has 1 unspecified atom stereocenters. The molecule has 1 aliphatic heterocycles. The molecule has 1 aromatic heterocycles. The van der Waals surface area contributed by atoms with E-state index in [9.17, 15) is 0 Å². The van der Waals surface area contributed by atoms with Crippen molar-refractivity contribution in [3.8, 4) is 0 Å². The van der Waals surface area contributed by atoms with Gasteiger partial charge in [0.25, 0.3) is 0 Å². The lowest BCUT2D eigenvalue weighted by Gasteiger charge is -2.20. The first-order valence-electron chi connectivity index (χ1n) is 9.68. The molecule has 28 heavy (non-hydrogen) atoms. The second kappa shape index (κ2) is 11.6. The monoisotopic (exact) mass is 560 g/mol. The summed E-state index contributed by atoms with van der Waals surface area (Å²) in [5, 5.41) is 11.3. The first kappa shape index (κ1) is 23.0. The highest BCUT2D eigenvalue weighted by Gasteiger charge is 2.23. The number of rotatable bonds is 7. The van der Waals surface area contributed by atoms with Gasteiger partial charge in [0.15, 0.2) is 5.96 Å². The first-order valence-corrected chi connectivity index (χ1v) is 10.5. The fourth-order valence-electron chi connectivity index (χ4n) is 3.29. The molecule has 1 aliphatic rings. The lowest BCUT2D eigenvalue weighted by molar-refractivity contribution is 0.581. The van der Waals surface area contributed by atoms with Crippen molar-refractivity contribution in [1.29, 1.82) is 0 Å². The Bertz CT molecular complexity index is 745. The second-order valence-corrected chi connectivity index (χ2v) is 7.86. The van der Waals surface area contributed by atoms with Crippen molar-refractivity contribution < 1.29 is 0 Å². The molecule has 0 bridgehead atoms. The van der Waals surface area contributed by atoms with Crippen molar-refractivity contribution in [2.45, 2.75) is 39.3 Å². The van der Waals surface area contributed by atoms with Crippen LogP contribution in [0.1, 0.15) is 25.3 Å². The molecule has 154 valence electrons. The molecular weight excluding hydrogens is 531 g/mol. The zero-order valence-corrected chi connectivity index (χ0v) is 20.5. The average molecular weight is 561 g/mol. The third kappa shape index (κ3) is 6.95. The van der Waals surface area contributed by atoms with Crippen LogP contribution in [0.4, 0.5) is 5.69 Å². The van der Waals surface area contributed by atoms with E-state index in [0.29, 0.717) is 6.04 Å². The van der Waals surface area contributed by atoms with Crippen LogP contribution in [0.25, 0.3) is 0 Å². The molecule has 0 spiro atoms. The zero-order chi connectivity index (χ0) is 19.1. The lowest BCUT2D eigenvalue weighted by atomic mass is 10.3. The number of halogens is 2. The van der Waals surface area contributed by atoms with Crippen molar-refractivity contribution in [3.05, 3.63) is 46.7 Å². The van der Waals surface area contributed by atoms with Gasteiger partial charge in [0.05, 0.1) is 6.20 Å². The molecule has 0 saturated carbocycles. The number of aryl methyl sites for hydroxylation is 2. The number of anilines is 1. The van der Waals surface area contributed by atoms with Gasteiger partial charge in [0.1, 0.15) is 0 Å². The highest BCUT2D eigenvalue weighted by Crippen LogP contribution is 2.22. The maximum atomic E-state index is 4.74. The topological polar surface area (TPSA) is 57.5 Å². The van der Waals surface area contributed by atoms with Crippen molar-refractivity contribution in [1.82, 2.24) is 20.4 Å². The Hall–Kier alpha value is -1.29. The minimum absolute atomic E-state index is 0. The van der Waals surface area contributed by atoms with E-state index in [-0.39, 0.29) is 24.0 Å². The van der Waals surface area contributed by atoms with Crippen molar-refractivity contribution in [2.24, 2.45) is 4.99 Å². The molecule has 1 fully saturated rings. The van der Waals surface area contributed by atoms with Crippen LogP contribution in [0.5, 0.6) is 0 Å². The predicted molar refractivity (Wildman–Crippen MR) is 131 cm³/mol. The molecule has 3 rings (SSSR count). The summed E-state index contributed by atoms with van der Waals surface area (Å²) in [5.74, 6) is 0.914. The number of aliphatic imine (C=N–C) groups is 1. The smallest absolute Gasteiger partial charge is 0.191 e. The number of hydrogen-bond acceptors (Lipinski definition) is 3. The number of aromatic nitrogens is 2. The van der Waals surface area contributed by atoms with E-state index < -0.39 is 0 Å². The molecule has 6 nitrogen and oxygen atoms in total. The van der Waals surface area contributed by atoms with Gasteiger partial charge >= 0.3 is 0 Å². The summed E-state index contributed by atoms with van der Waals surface area (Å²) in [6, 6.07) is 8.96. The van der Waals surface area contributed by atoms with Gasteiger partial charge in [-0.25, -0.2) is 0 Å². The Kier molecular flexibility index (Phi) is 9.57. The van der Waals surface area contributed by atoms with Gasteiger partial charge in [-0.3, -0.25) is 9.67 Å². The van der Waals surface area contributed by atoms with Crippen LogP contribution in [0, 0.1) is 6.92 Å². The second-order valence-electron chi connectivity index (χ2n) is 6.95. The normalized spacial score (nSPS) is 16.8. The number of nitrogens with one attached hydrogen (secondary N) is 2. The van der Waals surface area contributed by atoms with Crippen LogP contribution >= 0.6 is 39.9 Å². The Morgan fingerprint density at radius 2 is 2.11 bits per heavy atom. The summed E-state index contributed by atoms with van der Waals surface area (Å²) in [6.45, 7) is 8.79. The van der Waals surface area contributed by atoms with Crippen LogP contribution in [-0.2, 0) is 6.54 Å². The van der Waals surface area contributed by atoms with Crippen molar-refractivity contribution in [2.75, 3.05) is 31.1 Å². The number of guanidine groups is 1. The van der Waals surface area contributed by atoms with Gasteiger partial charge in [-0.15, -0.1) is 24.0 Å². The van der Waals surface area contributed by atoms with Gasteiger partial charge in [-0.05, 0) is 56.5 Å². The summed E-state index contributed by atoms with van der Waals surface area (Å²) in [6.07, 6.45) is 6.06. The summed E-state index contributed by atoms with van der Waals surface area (Å²) in [7, 11) is 0. The van der Waals surface area contributed by atoms with Crippen LogP contribution in [-0.4, -0.2) is 48.0 Å². The van der Waals surface area contributed by atoms with Gasteiger partial charge in [-0.1, -0.05) is 15.9 Å². The van der Waals surface area contributed by atoms with E-state index in [1.54, 1.807) is 0 Å². The average Bonchev–Trinajstić information content (AvgIpc) is 3.28. The van der Waals surface area contributed by atoms with Gasteiger partial charge in [0, 0.05) is 55.1 Å². The molecule has 0 aliphatic carbocycles. The Labute approximate surface area is 193 Å². The maximum absolute atomic E-state index is 4.74.